The van der Waals surface area contributed by atoms with Gasteiger partial charge in [0.05, 0.1) is 0 Å². The van der Waals surface area contributed by atoms with E-state index in [2.05, 4.69) is 48.5 Å². The highest BCUT2D eigenvalue weighted by atomic mass is 19.4. The first-order chi connectivity index (χ1) is 14.3. The Kier molecular flexibility index (Phi) is 6.64. The lowest BCUT2D eigenvalue weighted by Crippen LogP contribution is -2.36. The Bertz CT molecular complexity index is 862. The highest BCUT2D eigenvalue weighted by Gasteiger charge is 2.38. The van der Waals surface area contributed by atoms with Crippen molar-refractivity contribution in [3.63, 3.8) is 0 Å². The van der Waals surface area contributed by atoms with Crippen LogP contribution in [-0.4, -0.2) is 47.9 Å². The number of hydrogen-bond donors (Lipinski definition) is 1. The summed E-state index contributed by atoms with van der Waals surface area (Å²) in [5.41, 5.74) is 5.06. The third-order valence-electron chi connectivity index (χ3n) is 5.19. The number of carboxylic acid groups (broad SMARTS) is 1. The molecule has 0 unspecified atom stereocenters. The molecular weight excluding hydrogens is 399 g/mol. The number of carbonyl (C=O) groups excluding carboxylic acids is 1. The van der Waals surface area contributed by atoms with Crippen molar-refractivity contribution < 1.29 is 32.6 Å². The van der Waals surface area contributed by atoms with Gasteiger partial charge in [-0.25, -0.2) is 9.59 Å². The van der Waals surface area contributed by atoms with Crippen molar-refractivity contribution in [1.29, 1.82) is 0 Å². The predicted octanol–water partition coefficient (Wildman–Crippen LogP) is 5.05. The molecule has 2 aromatic carbocycles. The maximum Gasteiger partial charge on any atom is 0.490 e. The predicted molar refractivity (Wildman–Crippen MR) is 104 cm³/mol. The van der Waals surface area contributed by atoms with Gasteiger partial charge in [0, 0.05) is 19.0 Å². The zero-order valence-corrected chi connectivity index (χ0v) is 16.2. The van der Waals surface area contributed by atoms with Gasteiger partial charge in [-0.15, -0.1) is 0 Å². The Morgan fingerprint density at radius 3 is 1.87 bits per heavy atom. The van der Waals surface area contributed by atoms with E-state index in [1.165, 1.54) is 28.7 Å². The molecule has 2 aliphatic rings. The lowest BCUT2D eigenvalue weighted by Gasteiger charge is -2.26. The van der Waals surface area contributed by atoms with Crippen LogP contribution in [0.1, 0.15) is 36.3 Å². The lowest BCUT2D eigenvalue weighted by molar-refractivity contribution is -0.192. The van der Waals surface area contributed by atoms with E-state index >= 15 is 0 Å². The van der Waals surface area contributed by atoms with Crippen molar-refractivity contribution in [2.45, 2.75) is 31.4 Å². The fraction of sp³-hybridized carbons (Fsp3) is 0.364. The van der Waals surface area contributed by atoms with Crippen LogP contribution in [0.15, 0.2) is 48.5 Å². The highest BCUT2D eigenvalue weighted by Crippen LogP contribution is 2.44. The van der Waals surface area contributed by atoms with Crippen molar-refractivity contribution in [1.82, 2.24) is 4.90 Å². The smallest absolute Gasteiger partial charge is 0.475 e. The van der Waals surface area contributed by atoms with Gasteiger partial charge in [0.1, 0.15) is 6.61 Å². The fourth-order valence-electron chi connectivity index (χ4n) is 3.76. The molecule has 0 saturated carbocycles. The van der Waals surface area contributed by atoms with Gasteiger partial charge in [0.15, 0.2) is 0 Å². The molecule has 1 N–H and O–H groups in total. The number of hydrogen-bond acceptors (Lipinski definition) is 3. The van der Waals surface area contributed by atoms with Crippen molar-refractivity contribution in [3.8, 4) is 11.1 Å². The number of ether oxygens (including phenoxy) is 1. The van der Waals surface area contributed by atoms with Crippen LogP contribution < -0.4 is 0 Å². The highest BCUT2D eigenvalue weighted by molar-refractivity contribution is 5.79. The number of alkyl halides is 3. The Morgan fingerprint density at radius 2 is 1.40 bits per heavy atom. The largest absolute Gasteiger partial charge is 0.490 e. The van der Waals surface area contributed by atoms with Crippen LogP contribution in [0.5, 0.6) is 0 Å². The Morgan fingerprint density at radius 1 is 0.933 bits per heavy atom. The standard InChI is InChI=1S/C20H21NO2.C2HF3O2/c22-20(21-12-6-1-7-13-21)23-14-19-17-10-4-2-8-15(17)16-9-3-5-11-18(16)19;3-2(4,5)1(6)7/h2-5,8-11,19H,1,6-7,12-14H2;(H,6,7). The van der Waals surface area contributed by atoms with Crippen LogP contribution in [0.3, 0.4) is 0 Å². The first-order valence-electron chi connectivity index (χ1n) is 9.69. The number of fused-ring (bicyclic) bond motifs is 3. The molecule has 0 spiro atoms. The number of amides is 1. The topological polar surface area (TPSA) is 66.8 Å². The molecule has 1 aliphatic carbocycles. The summed E-state index contributed by atoms with van der Waals surface area (Å²) in [7, 11) is 0. The van der Waals surface area contributed by atoms with Gasteiger partial charge in [-0.05, 0) is 41.5 Å². The number of benzene rings is 2. The van der Waals surface area contributed by atoms with Crippen LogP contribution in [0, 0.1) is 0 Å². The van der Waals surface area contributed by atoms with Crippen molar-refractivity contribution in [3.05, 3.63) is 59.7 Å². The molecule has 1 aliphatic heterocycles. The average molecular weight is 421 g/mol. The third kappa shape index (κ3) is 4.93. The SMILES string of the molecule is O=C(O)C(F)(F)F.O=C(OCC1c2ccccc2-c2ccccc21)N1CCCCC1. The monoisotopic (exact) mass is 421 g/mol. The molecule has 1 fully saturated rings. The fourth-order valence-corrected chi connectivity index (χ4v) is 3.76. The summed E-state index contributed by atoms with van der Waals surface area (Å²) in [5.74, 6) is -2.61. The molecule has 2 aromatic rings. The van der Waals surface area contributed by atoms with E-state index in [1.54, 1.807) is 0 Å². The first-order valence-corrected chi connectivity index (χ1v) is 9.69. The normalized spacial score (nSPS) is 15.5. The molecule has 0 bridgehead atoms. The van der Waals surface area contributed by atoms with E-state index in [0.29, 0.717) is 6.61 Å². The van der Waals surface area contributed by atoms with E-state index in [-0.39, 0.29) is 12.0 Å². The maximum absolute atomic E-state index is 12.3. The molecule has 8 heteroatoms. The number of aliphatic carboxylic acids is 1. The maximum atomic E-state index is 12.3. The molecule has 1 amide bonds. The van der Waals surface area contributed by atoms with Gasteiger partial charge < -0.3 is 14.7 Å². The molecule has 1 heterocycles. The summed E-state index contributed by atoms with van der Waals surface area (Å²) in [4.78, 5) is 23.0. The minimum absolute atomic E-state index is 0.149. The lowest BCUT2D eigenvalue weighted by atomic mass is 9.98. The number of carboxylic acids is 1. The number of rotatable bonds is 2. The van der Waals surface area contributed by atoms with Crippen molar-refractivity contribution in [2.24, 2.45) is 0 Å². The summed E-state index contributed by atoms with van der Waals surface area (Å²) in [6, 6.07) is 16.9. The number of carbonyl (C=O) groups is 2. The summed E-state index contributed by atoms with van der Waals surface area (Å²) in [6.07, 6.45) is -1.85. The number of halogens is 3. The Labute approximate surface area is 172 Å². The molecule has 4 rings (SSSR count). The van der Waals surface area contributed by atoms with Gasteiger partial charge in [-0.3, -0.25) is 0 Å². The molecule has 160 valence electrons. The van der Waals surface area contributed by atoms with E-state index in [9.17, 15) is 18.0 Å². The van der Waals surface area contributed by atoms with E-state index in [4.69, 9.17) is 14.6 Å². The summed E-state index contributed by atoms with van der Waals surface area (Å²) < 4.78 is 37.4. The van der Waals surface area contributed by atoms with Crippen molar-refractivity contribution >= 4 is 12.1 Å². The van der Waals surface area contributed by atoms with Gasteiger partial charge in [0.2, 0.25) is 0 Å². The minimum atomic E-state index is -5.08. The van der Waals surface area contributed by atoms with Crippen LogP contribution in [0.4, 0.5) is 18.0 Å². The first kappa shape index (κ1) is 21.7. The second-order valence-electron chi connectivity index (χ2n) is 7.15. The van der Waals surface area contributed by atoms with E-state index in [0.717, 1.165) is 25.9 Å². The van der Waals surface area contributed by atoms with Crippen LogP contribution in [0.2, 0.25) is 0 Å². The zero-order chi connectivity index (χ0) is 21.7. The Hall–Kier alpha value is -3.03. The Balaban J connectivity index is 0.000000318. The quantitative estimate of drug-likeness (QED) is 0.737. The van der Waals surface area contributed by atoms with Gasteiger partial charge in [-0.1, -0.05) is 48.5 Å². The molecular formula is C22H22F3NO4. The second-order valence-corrected chi connectivity index (χ2v) is 7.15. The number of likely N-dealkylation sites (tertiary alicyclic amines) is 1. The summed E-state index contributed by atoms with van der Waals surface area (Å²) >= 11 is 0. The van der Waals surface area contributed by atoms with Gasteiger partial charge in [-0.2, -0.15) is 13.2 Å². The average Bonchev–Trinajstić information content (AvgIpc) is 3.06. The van der Waals surface area contributed by atoms with E-state index in [1.807, 2.05) is 4.90 Å². The minimum Gasteiger partial charge on any atom is -0.475 e. The van der Waals surface area contributed by atoms with E-state index < -0.39 is 12.1 Å². The molecule has 0 aromatic heterocycles. The number of piperidine rings is 1. The van der Waals surface area contributed by atoms with Crippen LogP contribution in [0.25, 0.3) is 11.1 Å². The third-order valence-corrected chi connectivity index (χ3v) is 5.19. The molecule has 1 saturated heterocycles. The summed E-state index contributed by atoms with van der Waals surface area (Å²) in [6.45, 7) is 2.08. The van der Waals surface area contributed by atoms with Crippen LogP contribution >= 0.6 is 0 Å². The van der Waals surface area contributed by atoms with Crippen LogP contribution in [-0.2, 0) is 9.53 Å². The van der Waals surface area contributed by atoms with Gasteiger partial charge >= 0.3 is 18.2 Å². The zero-order valence-electron chi connectivity index (χ0n) is 16.2. The molecule has 5 nitrogen and oxygen atoms in total. The molecule has 0 radical (unpaired) electrons. The second kappa shape index (κ2) is 9.19. The molecule has 30 heavy (non-hydrogen) atoms. The van der Waals surface area contributed by atoms with Crippen molar-refractivity contribution in [2.75, 3.05) is 19.7 Å². The summed E-state index contributed by atoms with van der Waals surface area (Å²) in [5, 5.41) is 7.12. The molecule has 0 atom stereocenters. The van der Waals surface area contributed by atoms with Gasteiger partial charge in [0.25, 0.3) is 0 Å². The number of nitrogens with zero attached hydrogens (tertiary/aromatic N) is 1.